The Morgan fingerprint density at radius 1 is 1.14 bits per heavy atom. The Bertz CT molecular complexity index is 599. The van der Waals surface area contributed by atoms with E-state index in [-0.39, 0.29) is 5.69 Å². The van der Waals surface area contributed by atoms with Crippen LogP contribution in [-0.2, 0) is 6.42 Å². The van der Waals surface area contributed by atoms with Crippen molar-refractivity contribution < 1.29 is 9.66 Å². The zero-order chi connectivity index (χ0) is 15.2. The van der Waals surface area contributed by atoms with Crippen LogP contribution in [0.25, 0.3) is 0 Å². The standard InChI is InChI=1S/C15H17N2O3P/c1-11(16-21)10-12-2-6-14(7-3-12)20-15-8-4-13(5-9-15)17(18)19/h2-9,11,16H,10,21H2,1H3. The molecule has 1 N–H and O–H groups in total. The molecular formula is C15H17N2O3P. The minimum atomic E-state index is -0.431. The quantitative estimate of drug-likeness (QED) is 0.502. The average Bonchev–Trinajstić information content (AvgIpc) is 2.49. The number of rotatable bonds is 6. The number of hydrogen-bond acceptors (Lipinski definition) is 4. The van der Waals surface area contributed by atoms with Crippen LogP contribution in [0, 0.1) is 10.1 Å². The van der Waals surface area contributed by atoms with Gasteiger partial charge in [-0.15, -0.1) is 0 Å². The van der Waals surface area contributed by atoms with Crippen LogP contribution in [-0.4, -0.2) is 11.0 Å². The van der Waals surface area contributed by atoms with E-state index in [4.69, 9.17) is 4.74 Å². The lowest BCUT2D eigenvalue weighted by Gasteiger charge is -2.10. The molecular weight excluding hydrogens is 287 g/mol. The first kappa shape index (κ1) is 15.4. The van der Waals surface area contributed by atoms with E-state index in [0.29, 0.717) is 17.5 Å². The van der Waals surface area contributed by atoms with Gasteiger partial charge in [-0.25, -0.2) is 0 Å². The minimum absolute atomic E-state index is 0.0524. The third-order valence-electron chi connectivity index (χ3n) is 3.03. The highest BCUT2D eigenvalue weighted by Gasteiger charge is 2.05. The lowest BCUT2D eigenvalue weighted by atomic mass is 10.1. The molecule has 2 aromatic carbocycles. The van der Waals surface area contributed by atoms with Gasteiger partial charge in [0.25, 0.3) is 5.69 Å². The van der Waals surface area contributed by atoms with Crippen LogP contribution in [0.2, 0.25) is 0 Å². The maximum Gasteiger partial charge on any atom is 0.269 e. The molecule has 21 heavy (non-hydrogen) atoms. The van der Waals surface area contributed by atoms with Crippen molar-refractivity contribution in [1.29, 1.82) is 0 Å². The van der Waals surface area contributed by atoms with Gasteiger partial charge >= 0.3 is 0 Å². The number of benzene rings is 2. The summed E-state index contributed by atoms with van der Waals surface area (Å²) < 4.78 is 5.66. The second-order valence-corrected chi connectivity index (χ2v) is 5.10. The molecule has 0 spiro atoms. The molecule has 0 bridgehead atoms. The maximum atomic E-state index is 10.6. The van der Waals surface area contributed by atoms with Crippen molar-refractivity contribution >= 4 is 15.1 Å². The largest absolute Gasteiger partial charge is 0.457 e. The van der Waals surface area contributed by atoms with Gasteiger partial charge in [0.15, 0.2) is 0 Å². The summed E-state index contributed by atoms with van der Waals surface area (Å²) in [5, 5.41) is 13.7. The number of nitrogens with zero attached hydrogens (tertiary/aromatic N) is 1. The lowest BCUT2D eigenvalue weighted by molar-refractivity contribution is -0.384. The van der Waals surface area contributed by atoms with Crippen LogP contribution < -0.4 is 9.82 Å². The van der Waals surface area contributed by atoms with Crippen LogP contribution in [0.3, 0.4) is 0 Å². The average molecular weight is 304 g/mol. The Labute approximate surface area is 125 Å². The smallest absolute Gasteiger partial charge is 0.269 e. The second kappa shape index (κ2) is 7.16. The van der Waals surface area contributed by atoms with Gasteiger partial charge < -0.3 is 4.74 Å². The molecule has 6 heteroatoms. The van der Waals surface area contributed by atoms with Gasteiger partial charge in [-0.1, -0.05) is 21.5 Å². The van der Waals surface area contributed by atoms with Crippen molar-refractivity contribution in [2.24, 2.45) is 0 Å². The zero-order valence-corrected chi connectivity index (χ0v) is 12.8. The van der Waals surface area contributed by atoms with E-state index in [1.54, 1.807) is 12.1 Å². The van der Waals surface area contributed by atoms with Crippen LogP contribution in [0.15, 0.2) is 48.5 Å². The molecule has 0 saturated heterocycles. The van der Waals surface area contributed by atoms with Gasteiger partial charge in [0.1, 0.15) is 11.5 Å². The molecule has 0 heterocycles. The second-order valence-electron chi connectivity index (χ2n) is 4.77. The molecule has 2 aromatic rings. The van der Waals surface area contributed by atoms with Crippen molar-refractivity contribution in [1.82, 2.24) is 5.09 Å². The number of ether oxygens (including phenoxy) is 1. The van der Waals surface area contributed by atoms with Gasteiger partial charge in [0, 0.05) is 18.2 Å². The van der Waals surface area contributed by atoms with Gasteiger partial charge in [0.2, 0.25) is 0 Å². The van der Waals surface area contributed by atoms with Crippen LogP contribution in [0.5, 0.6) is 11.5 Å². The molecule has 2 atom stereocenters. The third kappa shape index (κ3) is 4.52. The highest BCUT2D eigenvalue weighted by atomic mass is 31.0. The van der Waals surface area contributed by atoms with Crippen molar-refractivity contribution in [3.05, 3.63) is 64.2 Å². The van der Waals surface area contributed by atoms with E-state index >= 15 is 0 Å². The Kier molecular flexibility index (Phi) is 5.26. The third-order valence-corrected chi connectivity index (χ3v) is 3.60. The fraction of sp³-hybridized carbons (Fsp3) is 0.200. The fourth-order valence-corrected chi connectivity index (χ4v) is 2.00. The molecule has 0 aliphatic rings. The van der Waals surface area contributed by atoms with Crippen molar-refractivity contribution in [3.8, 4) is 11.5 Å². The molecule has 0 radical (unpaired) electrons. The SMILES string of the molecule is CC(Cc1ccc(Oc2ccc([N+](=O)[O-])cc2)cc1)NP. The highest BCUT2D eigenvalue weighted by Crippen LogP contribution is 2.24. The summed E-state index contributed by atoms with van der Waals surface area (Å²) in [6.45, 7) is 2.11. The molecule has 2 unspecified atom stereocenters. The number of non-ortho nitro benzene ring substituents is 1. The minimum Gasteiger partial charge on any atom is -0.457 e. The maximum absolute atomic E-state index is 10.6. The first-order valence-electron chi connectivity index (χ1n) is 6.56. The molecule has 0 amide bonds. The summed E-state index contributed by atoms with van der Waals surface area (Å²) in [6, 6.07) is 14.2. The number of nitrogens with one attached hydrogen (secondary N) is 1. The van der Waals surface area contributed by atoms with E-state index in [1.165, 1.54) is 17.7 Å². The van der Waals surface area contributed by atoms with Gasteiger partial charge in [-0.3, -0.25) is 15.2 Å². The van der Waals surface area contributed by atoms with E-state index in [2.05, 4.69) is 21.4 Å². The number of hydrogen-bond donors (Lipinski definition) is 1. The molecule has 0 fully saturated rings. The first-order valence-corrected chi connectivity index (χ1v) is 7.13. The molecule has 0 aromatic heterocycles. The Morgan fingerprint density at radius 3 is 2.14 bits per heavy atom. The fourth-order valence-electron chi connectivity index (χ4n) is 1.88. The van der Waals surface area contributed by atoms with Gasteiger partial charge in [-0.2, -0.15) is 0 Å². The first-order chi connectivity index (χ1) is 10.1. The topological polar surface area (TPSA) is 64.4 Å². The van der Waals surface area contributed by atoms with E-state index in [0.717, 1.165) is 6.42 Å². The Morgan fingerprint density at radius 2 is 1.67 bits per heavy atom. The Balaban J connectivity index is 2.01. The van der Waals surface area contributed by atoms with Crippen molar-refractivity contribution in [2.45, 2.75) is 19.4 Å². The van der Waals surface area contributed by atoms with Gasteiger partial charge in [-0.05, 0) is 43.2 Å². The summed E-state index contributed by atoms with van der Waals surface area (Å²) >= 11 is 0. The molecule has 2 rings (SSSR count). The molecule has 0 aliphatic carbocycles. The molecule has 5 nitrogen and oxygen atoms in total. The summed E-state index contributed by atoms with van der Waals surface area (Å²) in [6.07, 6.45) is 0.932. The highest BCUT2D eigenvalue weighted by molar-refractivity contribution is 7.13. The summed E-state index contributed by atoms with van der Waals surface area (Å²) in [4.78, 5) is 10.1. The number of nitro groups is 1. The Hall–Kier alpha value is -1.97. The number of nitro benzene ring substituents is 1. The van der Waals surface area contributed by atoms with Gasteiger partial charge in [0.05, 0.1) is 4.92 Å². The summed E-state index contributed by atoms with van der Waals surface area (Å²) in [7, 11) is 2.51. The zero-order valence-electron chi connectivity index (χ0n) is 11.7. The van der Waals surface area contributed by atoms with Crippen molar-refractivity contribution in [3.63, 3.8) is 0 Å². The molecule has 110 valence electrons. The lowest BCUT2D eigenvalue weighted by Crippen LogP contribution is -2.18. The van der Waals surface area contributed by atoms with Crippen LogP contribution in [0.1, 0.15) is 12.5 Å². The van der Waals surface area contributed by atoms with Crippen LogP contribution >= 0.6 is 9.39 Å². The van der Waals surface area contributed by atoms with Crippen LogP contribution in [0.4, 0.5) is 5.69 Å². The molecule has 0 saturated carbocycles. The summed E-state index contributed by atoms with van der Waals surface area (Å²) in [5.41, 5.74) is 1.27. The summed E-state index contributed by atoms with van der Waals surface area (Å²) in [5.74, 6) is 1.28. The normalized spacial score (nSPS) is 11.9. The monoisotopic (exact) mass is 304 g/mol. The van der Waals surface area contributed by atoms with E-state index in [1.807, 2.05) is 24.3 Å². The van der Waals surface area contributed by atoms with E-state index in [9.17, 15) is 10.1 Å². The van der Waals surface area contributed by atoms with E-state index < -0.39 is 4.92 Å². The molecule has 0 aliphatic heterocycles. The predicted molar refractivity (Wildman–Crippen MR) is 85.6 cm³/mol. The van der Waals surface area contributed by atoms with Crippen molar-refractivity contribution in [2.75, 3.05) is 0 Å². The predicted octanol–water partition coefficient (Wildman–Crippen LogP) is 3.70.